The summed E-state index contributed by atoms with van der Waals surface area (Å²) < 4.78 is 9.95. The molecule has 0 radical (unpaired) electrons. The first-order chi connectivity index (χ1) is 10.1. The van der Waals surface area contributed by atoms with Crippen molar-refractivity contribution in [2.75, 3.05) is 7.11 Å². The van der Waals surface area contributed by atoms with Gasteiger partial charge in [-0.2, -0.15) is 0 Å². The third-order valence-electron chi connectivity index (χ3n) is 3.22. The van der Waals surface area contributed by atoms with Gasteiger partial charge in [-0.3, -0.25) is 0 Å². The van der Waals surface area contributed by atoms with Crippen LogP contribution in [-0.4, -0.2) is 18.9 Å². The molecule has 0 bridgehead atoms. The van der Waals surface area contributed by atoms with E-state index in [0.29, 0.717) is 6.42 Å². The van der Waals surface area contributed by atoms with Crippen molar-refractivity contribution in [1.29, 1.82) is 0 Å². The van der Waals surface area contributed by atoms with E-state index in [4.69, 9.17) is 4.74 Å². The van der Waals surface area contributed by atoms with E-state index in [2.05, 4.69) is 35.6 Å². The molecule has 0 amide bonds. The van der Waals surface area contributed by atoms with Crippen LogP contribution in [0.1, 0.15) is 45.1 Å². The zero-order chi connectivity index (χ0) is 15.6. The van der Waals surface area contributed by atoms with E-state index in [1.54, 1.807) is 0 Å². The number of ether oxygens (including phenoxy) is 2. The van der Waals surface area contributed by atoms with Gasteiger partial charge < -0.3 is 9.47 Å². The van der Waals surface area contributed by atoms with E-state index < -0.39 is 11.8 Å². The molecule has 0 heterocycles. The van der Waals surface area contributed by atoms with Gasteiger partial charge in [-0.1, -0.05) is 55.5 Å². The Kier molecular flexibility index (Phi) is 7.39. The monoisotopic (exact) mass is 288 g/mol. The van der Waals surface area contributed by atoms with Crippen molar-refractivity contribution < 1.29 is 14.3 Å². The Morgan fingerprint density at radius 3 is 2.62 bits per heavy atom. The fourth-order valence-corrected chi connectivity index (χ4v) is 1.91. The molecule has 0 aliphatic heterocycles. The summed E-state index contributed by atoms with van der Waals surface area (Å²) in [5.41, 5.74) is 0.393. The van der Waals surface area contributed by atoms with Gasteiger partial charge in [-0.05, 0) is 25.3 Å². The summed E-state index contributed by atoms with van der Waals surface area (Å²) in [5, 5.41) is 0. The Morgan fingerprint density at radius 1 is 1.29 bits per heavy atom. The highest BCUT2D eigenvalue weighted by Gasteiger charge is 2.26. The number of aryl methyl sites for hydroxylation is 1. The predicted molar refractivity (Wildman–Crippen MR) is 84.0 cm³/mol. The summed E-state index contributed by atoms with van der Waals surface area (Å²) in [6, 6.07) is 10.1. The summed E-state index contributed by atoms with van der Waals surface area (Å²) in [4.78, 5) is 11.4. The predicted octanol–water partition coefficient (Wildman–Crippen LogP) is 4.35. The van der Waals surface area contributed by atoms with Crippen LogP contribution in [0.4, 0.5) is 4.79 Å². The van der Waals surface area contributed by atoms with Crippen LogP contribution < -0.4 is 0 Å². The van der Waals surface area contributed by atoms with E-state index in [1.807, 2.05) is 25.1 Å². The lowest BCUT2D eigenvalue weighted by Gasteiger charge is -2.23. The van der Waals surface area contributed by atoms with Crippen molar-refractivity contribution in [3.63, 3.8) is 0 Å². The first-order valence-corrected chi connectivity index (χ1v) is 7.40. The maximum Gasteiger partial charge on any atom is 0.509 e. The normalized spacial score (nSPS) is 12.7. The fraction of sp³-hybridized carbons (Fsp3) is 0.500. The van der Waals surface area contributed by atoms with Crippen LogP contribution in [-0.2, 0) is 15.9 Å². The van der Waals surface area contributed by atoms with Gasteiger partial charge >= 0.3 is 6.16 Å². The molecule has 3 nitrogen and oxygen atoms in total. The Balaban J connectivity index is 2.70. The molecule has 0 aliphatic carbocycles. The molecule has 0 N–H and O–H groups in total. The minimum Gasteiger partial charge on any atom is -0.438 e. The van der Waals surface area contributed by atoms with Crippen molar-refractivity contribution in [3.05, 3.63) is 35.9 Å². The molecule has 0 saturated carbocycles. The van der Waals surface area contributed by atoms with Gasteiger partial charge in [0.1, 0.15) is 0 Å². The molecule has 1 atom stereocenters. The number of rotatable bonds is 6. The molecule has 3 heteroatoms. The van der Waals surface area contributed by atoms with Crippen molar-refractivity contribution >= 4 is 6.16 Å². The molecule has 0 fully saturated rings. The topological polar surface area (TPSA) is 35.5 Å². The highest BCUT2D eigenvalue weighted by atomic mass is 16.7. The average molecular weight is 288 g/mol. The number of hydrogen-bond acceptors (Lipinski definition) is 3. The second-order valence-electron chi connectivity index (χ2n) is 5.18. The van der Waals surface area contributed by atoms with Crippen molar-refractivity contribution in [3.8, 4) is 11.8 Å². The third kappa shape index (κ3) is 6.85. The van der Waals surface area contributed by atoms with Gasteiger partial charge in [0.25, 0.3) is 0 Å². The van der Waals surface area contributed by atoms with E-state index in [1.165, 1.54) is 12.7 Å². The molecule has 1 unspecified atom stereocenters. The van der Waals surface area contributed by atoms with Crippen molar-refractivity contribution in [1.82, 2.24) is 0 Å². The van der Waals surface area contributed by atoms with Crippen LogP contribution in [0.2, 0.25) is 0 Å². The van der Waals surface area contributed by atoms with E-state index in [0.717, 1.165) is 25.7 Å². The molecule has 21 heavy (non-hydrogen) atoms. The van der Waals surface area contributed by atoms with Crippen molar-refractivity contribution in [2.24, 2.45) is 0 Å². The van der Waals surface area contributed by atoms with Crippen LogP contribution >= 0.6 is 0 Å². The fourth-order valence-electron chi connectivity index (χ4n) is 1.91. The van der Waals surface area contributed by atoms with Gasteiger partial charge in [-0.15, -0.1) is 0 Å². The Bertz CT molecular complexity index is 484. The smallest absolute Gasteiger partial charge is 0.438 e. The maximum absolute atomic E-state index is 11.4. The molecule has 1 rings (SSSR count). The largest absolute Gasteiger partial charge is 0.509 e. The van der Waals surface area contributed by atoms with Crippen LogP contribution in [0.15, 0.2) is 30.3 Å². The molecule has 0 aromatic heterocycles. The minimum atomic E-state index is -0.809. The first kappa shape index (κ1) is 17.1. The molecule has 0 aliphatic rings. The number of benzene rings is 1. The SMILES string of the molecule is CCCCC#CC(C)(CCc1ccccc1)OC(=O)OC. The Morgan fingerprint density at radius 2 is 2.00 bits per heavy atom. The third-order valence-corrected chi connectivity index (χ3v) is 3.22. The minimum absolute atomic E-state index is 0.644. The molecule has 1 aromatic carbocycles. The van der Waals surface area contributed by atoms with Crippen molar-refractivity contribution in [2.45, 2.75) is 51.6 Å². The highest BCUT2D eigenvalue weighted by molar-refractivity contribution is 5.60. The van der Waals surface area contributed by atoms with Gasteiger partial charge in [-0.25, -0.2) is 4.79 Å². The van der Waals surface area contributed by atoms with Gasteiger partial charge in [0.15, 0.2) is 5.60 Å². The molecular formula is C18H24O3. The molecule has 0 saturated heterocycles. The van der Waals surface area contributed by atoms with E-state index in [-0.39, 0.29) is 0 Å². The highest BCUT2D eigenvalue weighted by Crippen LogP contribution is 2.19. The van der Waals surface area contributed by atoms with Crippen LogP contribution in [0.5, 0.6) is 0 Å². The quantitative estimate of drug-likeness (QED) is 0.443. The van der Waals surface area contributed by atoms with Gasteiger partial charge in [0, 0.05) is 12.8 Å². The molecule has 1 aromatic rings. The molecule has 0 spiro atoms. The number of methoxy groups -OCH3 is 1. The Hall–Kier alpha value is -1.95. The number of hydrogen-bond donors (Lipinski definition) is 0. The summed E-state index contributed by atoms with van der Waals surface area (Å²) >= 11 is 0. The molecule has 114 valence electrons. The zero-order valence-corrected chi connectivity index (χ0v) is 13.1. The number of carbonyl (C=O) groups is 1. The van der Waals surface area contributed by atoms with Crippen LogP contribution in [0.3, 0.4) is 0 Å². The summed E-state index contributed by atoms with van der Waals surface area (Å²) in [7, 11) is 1.31. The van der Waals surface area contributed by atoms with Crippen LogP contribution in [0, 0.1) is 11.8 Å². The number of unbranched alkanes of at least 4 members (excludes halogenated alkanes) is 2. The van der Waals surface area contributed by atoms with Gasteiger partial charge in [0.05, 0.1) is 7.11 Å². The zero-order valence-electron chi connectivity index (χ0n) is 13.1. The summed E-state index contributed by atoms with van der Waals surface area (Å²) in [5.74, 6) is 6.20. The first-order valence-electron chi connectivity index (χ1n) is 7.40. The van der Waals surface area contributed by atoms with Crippen LogP contribution in [0.25, 0.3) is 0 Å². The number of carbonyl (C=O) groups excluding carboxylic acids is 1. The second kappa shape index (κ2) is 9.07. The lowest BCUT2D eigenvalue weighted by atomic mass is 9.96. The summed E-state index contributed by atoms with van der Waals surface area (Å²) in [6.45, 7) is 3.97. The van der Waals surface area contributed by atoms with E-state index in [9.17, 15) is 4.79 Å². The Labute approximate surface area is 127 Å². The lowest BCUT2D eigenvalue weighted by molar-refractivity contribution is 0.00974. The summed E-state index contributed by atoms with van der Waals surface area (Å²) in [6.07, 6.45) is 3.74. The van der Waals surface area contributed by atoms with Gasteiger partial charge in [0.2, 0.25) is 0 Å². The standard InChI is InChI=1S/C18H24O3/c1-4-5-6-10-14-18(2,21-17(19)20-3)15-13-16-11-8-7-9-12-16/h7-9,11-12H,4-6,13,15H2,1-3H3. The average Bonchev–Trinajstić information content (AvgIpc) is 2.51. The maximum atomic E-state index is 11.4. The second-order valence-corrected chi connectivity index (χ2v) is 5.18. The van der Waals surface area contributed by atoms with E-state index >= 15 is 0 Å². The lowest BCUT2D eigenvalue weighted by Crippen LogP contribution is -2.31. The molecular weight excluding hydrogens is 264 g/mol.